The molecule has 0 aromatic heterocycles. The summed E-state index contributed by atoms with van der Waals surface area (Å²) in [6, 6.07) is 7.26. The predicted molar refractivity (Wildman–Crippen MR) is 75.2 cm³/mol. The first kappa shape index (κ1) is 15.2. The fourth-order valence-electron chi connectivity index (χ4n) is 1.91. The number of benzene rings is 1. The highest BCUT2D eigenvalue weighted by Gasteiger charge is 2.27. The molecule has 0 aliphatic rings. The minimum atomic E-state index is -3.38. The van der Waals surface area contributed by atoms with Crippen LogP contribution in [-0.2, 0) is 15.4 Å². The molecule has 0 saturated heterocycles. The van der Waals surface area contributed by atoms with Gasteiger partial charge >= 0.3 is 0 Å². The van der Waals surface area contributed by atoms with E-state index >= 15 is 0 Å². The summed E-state index contributed by atoms with van der Waals surface area (Å²) >= 11 is 0. The molecule has 1 aromatic rings. The van der Waals surface area contributed by atoms with E-state index in [0.717, 1.165) is 12.0 Å². The van der Waals surface area contributed by atoms with E-state index in [1.54, 1.807) is 19.2 Å². The molecule has 0 radical (unpaired) electrons. The molecular formula is C14H23NO2S. The monoisotopic (exact) mass is 269 g/mol. The van der Waals surface area contributed by atoms with Gasteiger partial charge in [0.1, 0.15) is 0 Å². The van der Waals surface area contributed by atoms with Crippen LogP contribution < -0.4 is 0 Å². The minimum Gasteiger partial charge on any atom is -0.207 e. The van der Waals surface area contributed by atoms with Crippen molar-refractivity contribution in [3.05, 3.63) is 29.8 Å². The second-order valence-corrected chi connectivity index (χ2v) is 7.59. The fourth-order valence-corrected chi connectivity index (χ4v) is 3.58. The van der Waals surface area contributed by atoms with Crippen LogP contribution in [0.5, 0.6) is 0 Å². The molecule has 3 nitrogen and oxygen atoms in total. The van der Waals surface area contributed by atoms with Crippen LogP contribution in [0.15, 0.2) is 29.2 Å². The van der Waals surface area contributed by atoms with E-state index in [2.05, 4.69) is 0 Å². The third-order valence-electron chi connectivity index (χ3n) is 2.92. The van der Waals surface area contributed by atoms with Crippen LogP contribution in [0.3, 0.4) is 0 Å². The first-order valence-electron chi connectivity index (χ1n) is 6.27. The van der Waals surface area contributed by atoms with Crippen molar-refractivity contribution in [2.24, 2.45) is 0 Å². The van der Waals surface area contributed by atoms with Crippen molar-refractivity contribution in [2.45, 2.75) is 44.4 Å². The Morgan fingerprint density at radius 2 is 1.72 bits per heavy atom. The first-order valence-corrected chi connectivity index (χ1v) is 7.71. The van der Waals surface area contributed by atoms with Crippen LogP contribution in [0.1, 0.15) is 39.7 Å². The highest BCUT2D eigenvalue weighted by atomic mass is 32.2. The number of hydrogen-bond acceptors (Lipinski definition) is 2. The fraction of sp³-hybridized carbons (Fsp3) is 0.571. The van der Waals surface area contributed by atoms with Crippen LogP contribution >= 0.6 is 0 Å². The number of sulfonamides is 1. The van der Waals surface area contributed by atoms with Crippen LogP contribution in [0.4, 0.5) is 0 Å². The van der Waals surface area contributed by atoms with Crippen LogP contribution in [0, 0.1) is 0 Å². The van der Waals surface area contributed by atoms with Crippen LogP contribution in [-0.4, -0.2) is 26.3 Å². The van der Waals surface area contributed by atoms with E-state index in [1.807, 2.05) is 39.8 Å². The summed E-state index contributed by atoms with van der Waals surface area (Å²) in [5.41, 5.74) is 0.685. The lowest BCUT2D eigenvalue weighted by molar-refractivity contribution is 0.464. The Morgan fingerprint density at radius 3 is 2.22 bits per heavy atom. The summed E-state index contributed by atoms with van der Waals surface area (Å²) < 4.78 is 26.5. The third kappa shape index (κ3) is 3.12. The zero-order chi connectivity index (χ0) is 14.0. The number of nitrogens with zero attached hydrogens (tertiary/aromatic N) is 1. The Hall–Kier alpha value is -0.870. The van der Waals surface area contributed by atoms with E-state index in [9.17, 15) is 8.42 Å². The summed E-state index contributed by atoms with van der Waals surface area (Å²) in [5, 5.41) is 0. The molecule has 0 heterocycles. The van der Waals surface area contributed by atoms with Gasteiger partial charge in [-0.2, -0.15) is 0 Å². The summed E-state index contributed by atoms with van der Waals surface area (Å²) in [6.45, 7) is 8.60. The molecular weight excluding hydrogens is 246 g/mol. The molecule has 0 atom stereocenters. The summed E-state index contributed by atoms with van der Waals surface area (Å²) in [6.07, 6.45) is 0.813. The van der Waals surface area contributed by atoms with Crippen molar-refractivity contribution in [1.29, 1.82) is 0 Å². The smallest absolute Gasteiger partial charge is 0.207 e. The molecule has 102 valence electrons. The zero-order valence-corrected chi connectivity index (χ0v) is 12.7. The van der Waals surface area contributed by atoms with Gasteiger partial charge in [-0.1, -0.05) is 45.9 Å². The van der Waals surface area contributed by atoms with Gasteiger partial charge in [0.25, 0.3) is 0 Å². The van der Waals surface area contributed by atoms with E-state index in [1.165, 1.54) is 4.31 Å². The van der Waals surface area contributed by atoms with E-state index in [-0.39, 0.29) is 5.41 Å². The largest absolute Gasteiger partial charge is 0.243 e. The van der Waals surface area contributed by atoms with Crippen molar-refractivity contribution in [2.75, 3.05) is 13.6 Å². The molecule has 4 heteroatoms. The SMILES string of the molecule is CCCN(C)S(=O)(=O)c1ccccc1C(C)(C)C. The van der Waals surface area contributed by atoms with E-state index < -0.39 is 10.0 Å². The van der Waals surface area contributed by atoms with Crippen molar-refractivity contribution in [3.8, 4) is 0 Å². The van der Waals surface area contributed by atoms with Gasteiger partial charge in [-0.3, -0.25) is 0 Å². The molecule has 1 aromatic carbocycles. The zero-order valence-electron chi connectivity index (χ0n) is 11.9. The number of hydrogen-bond donors (Lipinski definition) is 0. The molecule has 0 aliphatic heterocycles. The molecule has 0 N–H and O–H groups in total. The maximum Gasteiger partial charge on any atom is 0.243 e. The molecule has 0 unspecified atom stereocenters. The molecule has 0 amide bonds. The van der Waals surface area contributed by atoms with Gasteiger partial charge < -0.3 is 0 Å². The van der Waals surface area contributed by atoms with Crippen molar-refractivity contribution >= 4 is 10.0 Å². The molecule has 0 fully saturated rings. The topological polar surface area (TPSA) is 37.4 Å². The van der Waals surface area contributed by atoms with Gasteiger partial charge in [-0.25, -0.2) is 12.7 Å². The lowest BCUT2D eigenvalue weighted by atomic mass is 9.87. The Morgan fingerprint density at radius 1 is 1.17 bits per heavy atom. The second-order valence-electron chi connectivity index (χ2n) is 5.57. The van der Waals surface area contributed by atoms with Gasteiger partial charge in [0.2, 0.25) is 10.0 Å². The molecule has 0 saturated carbocycles. The van der Waals surface area contributed by atoms with Crippen molar-refractivity contribution in [3.63, 3.8) is 0 Å². The first-order chi connectivity index (χ1) is 8.21. The Balaban J connectivity index is 3.34. The van der Waals surface area contributed by atoms with E-state index in [4.69, 9.17) is 0 Å². The lowest BCUT2D eigenvalue weighted by Gasteiger charge is -2.25. The van der Waals surface area contributed by atoms with Crippen LogP contribution in [0.2, 0.25) is 0 Å². The average molecular weight is 269 g/mol. The molecule has 0 spiro atoms. The Bertz CT molecular complexity index is 501. The summed E-state index contributed by atoms with van der Waals surface area (Å²) in [4.78, 5) is 0.424. The van der Waals surface area contributed by atoms with Gasteiger partial charge in [0, 0.05) is 13.6 Å². The van der Waals surface area contributed by atoms with Crippen molar-refractivity contribution < 1.29 is 8.42 Å². The quantitative estimate of drug-likeness (QED) is 0.842. The average Bonchev–Trinajstić information content (AvgIpc) is 2.28. The van der Waals surface area contributed by atoms with Gasteiger partial charge in [-0.05, 0) is 23.5 Å². The van der Waals surface area contributed by atoms with Gasteiger partial charge in [0.15, 0.2) is 0 Å². The van der Waals surface area contributed by atoms with E-state index in [0.29, 0.717) is 11.4 Å². The standard InChI is InChI=1S/C14H23NO2S/c1-6-11-15(5)18(16,17)13-10-8-7-9-12(13)14(2,3)4/h7-10H,6,11H2,1-5H3. The minimum absolute atomic E-state index is 0.184. The summed E-state index contributed by atoms with van der Waals surface area (Å²) in [5.74, 6) is 0. The van der Waals surface area contributed by atoms with Gasteiger partial charge in [0.05, 0.1) is 4.90 Å². The normalized spacial score (nSPS) is 13.0. The maximum atomic E-state index is 12.5. The highest BCUT2D eigenvalue weighted by molar-refractivity contribution is 7.89. The predicted octanol–water partition coefficient (Wildman–Crippen LogP) is 3.01. The lowest BCUT2D eigenvalue weighted by Crippen LogP contribution is -2.30. The molecule has 18 heavy (non-hydrogen) atoms. The maximum absolute atomic E-state index is 12.5. The third-order valence-corrected chi connectivity index (χ3v) is 4.84. The Kier molecular flexibility index (Phi) is 4.56. The molecule has 0 bridgehead atoms. The molecule has 1 rings (SSSR count). The van der Waals surface area contributed by atoms with Gasteiger partial charge in [-0.15, -0.1) is 0 Å². The highest BCUT2D eigenvalue weighted by Crippen LogP contribution is 2.30. The Labute approximate surface area is 111 Å². The number of rotatable bonds is 4. The van der Waals surface area contributed by atoms with Crippen LogP contribution in [0.25, 0.3) is 0 Å². The van der Waals surface area contributed by atoms with Crippen molar-refractivity contribution in [1.82, 2.24) is 4.31 Å². The summed E-state index contributed by atoms with van der Waals surface area (Å²) in [7, 11) is -1.74. The molecule has 0 aliphatic carbocycles. The second kappa shape index (κ2) is 5.41.